The second kappa shape index (κ2) is 4.95. The van der Waals surface area contributed by atoms with Crippen LogP contribution in [0.4, 0.5) is 4.39 Å². The summed E-state index contributed by atoms with van der Waals surface area (Å²) in [5, 5.41) is 0. The molecule has 0 aliphatic carbocycles. The van der Waals surface area contributed by atoms with Crippen LogP contribution in [0, 0.1) is 5.82 Å². The van der Waals surface area contributed by atoms with Gasteiger partial charge in [-0.2, -0.15) is 0 Å². The number of ether oxygens (including phenoxy) is 1. The molecule has 5 heteroatoms. The number of nitrogens with one attached hydrogen (secondary N) is 1. The maximum Gasteiger partial charge on any atom is 0.146 e. The molecule has 19 heavy (non-hydrogen) atoms. The fourth-order valence-corrected chi connectivity index (χ4v) is 2.37. The van der Waals surface area contributed by atoms with Crippen molar-refractivity contribution in [3.8, 4) is 5.75 Å². The van der Waals surface area contributed by atoms with Crippen molar-refractivity contribution in [3.63, 3.8) is 0 Å². The number of nitrogens with zero attached hydrogens (tertiary/aromatic N) is 1. The normalized spacial score (nSPS) is 14.8. The molecule has 0 fully saturated rings. The summed E-state index contributed by atoms with van der Waals surface area (Å²) < 4.78 is 19.3. The van der Waals surface area contributed by atoms with E-state index < -0.39 is 6.04 Å². The van der Waals surface area contributed by atoms with Crippen molar-refractivity contribution in [2.45, 2.75) is 12.5 Å². The van der Waals surface area contributed by atoms with Gasteiger partial charge in [0.1, 0.15) is 11.6 Å². The third-order valence-electron chi connectivity index (χ3n) is 3.33. The van der Waals surface area contributed by atoms with E-state index in [1.807, 2.05) is 18.2 Å². The minimum atomic E-state index is -0.395. The van der Waals surface area contributed by atoms with Crippen LogP contribution in [-0.4, -0.2) is 11.6 Å². The minimum absolute atomic E-state index is 0.373. The summed E-state index contributed by atoms with van der Waals surface area (Å²) in [4.78, 5) is 3.75. The molecule has 1 unspecified atom stereocenters. The van der Waals surface area contributed by atoms with E-state index in [1.165, 1.54) is 6.20 Å². The Kier molecular flexibility index (Phi) is 3.15. The summed E-state index contributed by atoms with van der Waals surface area (Å²) in [6, 6.07) is 7.04. The average molecular weight is 259 g/mol. The van der Waals surface area contributed by atoms with Gasteiger partial charge in [0.2, 0.25) is 0 Å². The Balaban J connectivity index is 2.01. The van der Waals surface area contributed by atoms with Crippen molar-refractivity contribution in [2.75, 3.05) is 6.61 Å². The zero-order valence-corrected chi connectivity index (χ0v) is 10.3. The number of hydrogen-bond donors (Lipinski definition) is 2. The third kappa shape index (κ3) is 2.18. The molecular formula is C14H14FN3O. The molecular weight excluding hydrogens is 245 g/mol. The molecule has 0 radical (unpaired) electrons. The minimum Gasteiger partial charge on any atom is -0.493 e. The van der Waals surface area contributed by atoms with E-state index in [-0.39, 0.29) is 5.82 Å². The number of nitrogens with two attached hydrogens (primary N) is 1. The Morgan fingerprint density at radius 2 is 2.26 bits per heavy atom. The molecule has 0 spiro atoms. The third-order valence-corrected chi connectivity index (χ3v) is 3.33. The number of hydrazine groups is 1. The largest absolute Gasteiger partial charge is 0.493 e. The molecule has 1 atom stereocenters. The van der Waals surface area contributed by atoms with Gasteiger partial charge >= 0.3 is 0 Å². The fourth-order valence-electron chi connectivity index (χ4n) is 2.37. The quantitative estimate of drug-likeness (QED) is 0.650. The van der Waals surface area contributed by atoms with Gasteiger partial charge in [-0.1, -0.05) is 12.1 Å². The van der Waals surface area contributed by atoms with Gasteiger partial charge in [-0.25, -0.2) is 9.82 Å². The van der Waals surface area contributed by atoms with Crippen LogP contribution < -0.4 is 16.0 Å². The Labute approximate surface area is 110 Å². The molecule has 0 amide bonds. The van der Waals surface area contributed by atoms with Gasteiger partial charge in [-0.05, 0) is 23.3 Å². The van der Waals surface area contributed by atoms with E-state index in [9.17, 15) is 4.39 Å². The van der Waals surface area contributed by atoms with Gasteiger partial charge in [-0.15, -0.1) is 0 Å². The molecule has 98 valence electrons. The highest BCUT2D eigenvalue weighted by Crippen LogP contribution is 2.30. The molecule has 3 N–H and O–H groups in total. The Morgan fingerprint density at radius 1 is 1.37 bits per heavy atom. The molecule has 1 aromatic carbocycles. The van der Waals surface area contributed by atoms with Gasteiger partial charge in [0, 0.05) is 18.2 Å². The summed E-state index contributed by atoms with van der Waals surface area (Å²) in [6.07, 6.45) is 3.62. The first-order chi connectivity index (χ1) is 9.29. The first kappa shape index (κ1) is 12.1. The summed E-state index contributed by atoms with van der Waals surface area (Å²) >= 11 is 0. The molecule has 1 aliphatic heterocycles. The highest BCUT2D eigenvalue weighted by atomic mass is 19.1. The number of pyridine rings is 1. The summed E-state index contributed by atoms with van der Waals surface area (Å²) in [7, 11) is 0. The highest BCUT2D eigenvalue weighted by Gasteiger charge is 2.19. The average Bonchev–Trinajstić information content (AvgIpc) is 2.89. The van der Waals surface area contributed by atoms with Gasteiger partial charge in [0.05, 0.1) is 18.8 Å². The van der Waals surface area contributed by atoms with E-state index in [2.05, 4.69) is 10.4 Å². The predicted molar refractivity (Wildman–Crippen MR) is 69.0 cm³/mol. The van der Waals surface area contributed by atoms with Crippen LogP contribution in [0.3, 0.4) is 0 Å². The Hall–Kier alpha value is -1.98. The summed E-state index contributed by atoms with van der Waals surface area (Å²) in [6.45, 7) is 0.698. The molecule has 0 bridgehead atoms. The lowest BCUT2D eigenvalue weighted by Gasteiger charge is -2.18. The molecule has 0 saturated carbocycles. The van der Waals surface area contributed by atoms with Crippen LogP contribution in [0.15, 0.2) is 36.7 Å². The first-order valence-electron chi connectivity index (χ1n) is 6.11. The number of rotatable bonds is 3. The van der Waals surface area contributed by atoms with E-state index in [0.717, 1.165) is 23.3 Å². The Bertz CT molecular complexity index is 603. The maximum atomic E-state index is 13.8. The number of benzene rings is 1. The van der Waals surface area contributed by atoms with Crippen LogP contribution in [-0.2, 0) is 6.42 Å². The van der Waals surface area contributed by atoms with Gasteiger partial charge in [0.25, 0.3) is 0 Å². The standard InChI is InChI=1S/C14H14FN3O/c15-12-8-17-5-3-11(12)14(18-16)10-1-2-13-9(7-10)4-6-19-13/h1-3,5,7-8,14,18H,4,6,16H2. The summed E-state index contributed by atoms with van der Waals surface area (Å²) in [5.41, 5.74) is 5.19. The molecule has 3 rings (SSSR count). The lowest BCUT2D eigenvalue weighted by Crippen LogP contribution is -2.29. The monoisotopic (exact) mass is 259 g/mol. The summed E-state index contributed by atoms with van der Waals surface area (Å²) in [5.74, 6) is 6.11. The highest BCUT2D eigenvalue weighted by molar-refractivity contribution is 5.43. The Morgan fingerprint density at radius 3 is 3.05 bits per heavy atom. The number of halogens is 1. The number of fused-ring (bicyclic) bond motifs is 1. The van der Waals surface area contributed by atoms with Crippen LogP contribution in [0.5, 0.6) is 5.75 Å². The van der Waals surface area contributed by atoms with E-state index in [0.29, 0.717) is 12.2 Å². The number of aromatic nitrogens is 1. The number of hydrogen-bond acceptors (Lipinski definition) is 4. The SMILES string of the molecule is NNC(c1ccc2c(c1)CCO2)c1ccncc1F. The zero-order valence-electron chi connectivity index (χ0n) is 10.3. The molecule has 2 heterocycles. The lowest BCUT2D eigenvalue weighted by atomic mass is 9.97. The maximum absolute atomic E-state index is 13.8. The van der Waals surface area contributed by atoms with Gasteiger partial charge in [0.15, 0.2) is 0 Å². The van der Waals surface area contributed by atoms with Crippen LogP contribution in [0.2, 0.25) is 0 Å². The fraction of sp³-hybridized carbons (Fsp3) is 0.214. The van der Waals surface area contributed by atoms with Crippen molar-refractivity contribution >= 4 is 0 Å². The van der Waals surface area contributed by atoms with Crippen molar-refractivity contribution in [3.05, 3.63) is 59.2 Å². The van der Waals surface area contributed by atoms with Crippen molar-refractivity contribution < 1.29 is 9.13 Å². The van der Waals surface area contributed by atoms with E-state index in [1.54, 1.807) is 12.3 Å². The molecule has 2 aromatic rings. The van der Waals surface area contributed by atoms with Crippen LogP contribution in [0.1, 0.15) is 22.7 Å². The molecule has 1 aromatic heterocycles. The zero-order chi connectivity index (χ0) is 13.2. The molecule has 1 aliphatic rings. The van der Waals surface area contributed by atoms with Gasteiger partial charge in [-0.3, -0.25) is 10.8 Å². The van der Waals surface area contributed by atoms with Crippen molar-refractivity contribution in [2.24, 2.45) is 5.84 Å². The van der Waals surface area contributed by atoms with E-state index >= 15 is 0 Å². The second-order valence-corrected chi connectivity index (χ2v) is 4.46. The molecule has 4 nitrogen and oxygen atoms in total. The van der Waals surface area contributed by atoms with Gasteiger partial charge < -0.3 is 4.74 Å². The topological polar surface area (TPSA) is 60.2 Å². The second-order valence-electron chi connectivity index (χ2n) is 4.46. The van der Waals surface area contributed by atoms with Crippen LogP contribution >= 0.6 is 0 Å². The predicted octanol–water partition coefficient (Wildman–Crippen LogP) is 1.71. The lowest BCUT2D eigenvalue weighted by molar-refractivity contribution is 0.357. The smallest absolute Gasteiger partial charge is 0.146 e. The van der Waals surface area contributed by atoms with Crippen molar-refractivity contribution in [1.29, 1.82) is 0 Å². The van der Waals surface area contributed by atoms with Crippen molar-refractivity contribution in [1.82, 2.24) is 10.4 Å². The first-order valence-corrected chi connectivity index (χ1v) is 6.11. The molecule has 0 saturated heterocycles. The van der Waals surface area contributed by atoms with E-state index in [4.69, 9.17) is 10.6 Å². The van der Waals surface area contributed by atoms with Crippen LogP contribution in [0.25, 0.3) is 0 Å².